The number of H-pyrrole nitrogens is 1. The van der Waals surface area contributed by atoms with E-state index in [1.54, 1.807) is 12.1 Å². The number of nitrogens with one attached hydrogen (secondary N) is 1. The maximum atomic E-state index is 12.6. The van der Waals surface area contributed by atoms with Gasteiger partial charge in [-0.15, -0.1) is 0 Å². The van der Waals surface area contributed by atoms with Crippen molar-refractivity contribution in [3.8, 4) is 5.69 Å². The number of fused-ring (bicyclic) bond motifs is 1. The lowest BCUT2D eigenvalue weighted by molar-refractivity contribution is 0.622. The molecular weight excluding hydrogens is 280 g/mol. The van der Waals surface area contributed by atoms with Crippen molar-refractivity contribution in [1.29, 1.82) is 0 Å². The first kappa shape index (κ1) is 14.3. The predicted octanol–water partition coefficient (Wildman–Crippen LogP) is 1.68. The highest BCUT2D eigenvalue weighted by atomic mass is 16.2. The van der Waals surface area contributed by atoms with Crippen molar-refractivity contribution >= 4 is 5.52 Å². The normalized spacial score (nSPS) is 11.5. The van der Waals surface area contributed by atoms with Crippen LogP contribution in [0.3, 0.4) is 0 Å². The molecule has 1 aromatic carbocycles. The van der Waals surface area contributed by atoms with Crippen LogP contribution in [0.25, 0.3) is 11.2 Å². The molecule has 0 saturated heterocycles. The van der Waals surface area contributed by atoms with Crippen LogP contribution in [0.1, 0.15) is 25.1 Å². The highest BCUT2D eigenvalue weighted by Gasteiger charge is 2.13. The smallest absolute Gasteiger partial charge is 0.266 e. The first-order chi connectivity index (χ1) is 10.5. The van der Waals surface area contributed by atoms with Crippen LogP contribution in [-0.4, -0.2) is 19.4 Å². The Labute approximate surface area is 127 Å². The molecule has 0 fully saturated rings. The quantitative estimate of drug-likeness (QED) is 0.799. The van der Waals surface area contributed by atoms with E-state index < -0.39 is 0 Å². The zero-order valence-corrected chi connectivity index (χ0v) is 12.8. The molecule has 6 heteroatoms. The third kappa shape index (κ3) is 2.36. The van der Waals surface area contributed by atoms with Crippen LogP contribution in [0.4, 0.5) is 0 Å². The topological polar surface area (TPSA) is 72.2 Å². The minimum absolute atomic E-state index is 0.283. The van der Waals surface area contributed by atoms with Crippen LogP contribution in [0.5, 0.6) is 0 Å². The Balaban J connectivity index is 2.27. The summed E-state index contributed by atoms with van der Waals surface area (Å²) in [6, 6.07) is 9.07. The molecule has 0 saturated carbocycles. The van der Waals surface area contributed by atoms with E-state index in [1.807, 2.05) is 25.1 Å². The summed E-state index contributed by atoms with van der Waals surface area (Å²) < 4.78 is 2.43. The number of hydrogen-bond acceptors (Lipinski definition) is 3. The highest BCUT2D eigenvalue weighted by Crippen LogP contribution is 2.10. The van der Waals surface area contributed by atoms with Crippen molar-refractivity contribution in [3.05, 3.63) is 62.4 Å². The van der Waals surface area contributed by atoms with Gasteiger partial charge in [0.25, 0.3) is 5.56 Å². The van der Waals surface area contributed by atoms with Crippen LogP contribution < -0.4 is 11.2 Å². The fourth-order valence-corrected chi connectivity index (χ4v) is 2.53. The van der Waals surface area contributed by atoms with E-state index in [9.17, 15) is 9.59 Å². The third-order valence-corrected chi connectivity index (χ3v) is 3.55. The third-order valence-electron chi connectivity index (χ3n) is 3.55. The summed E-state index contributed by atoms with van der Waals surface area (Å²) in [5.74, 6) is 0.405. The van der Waals surface area contributed by atoms with E-state index in [2.05, 4.69) is 24.0 Å². The number of rotatable bonds is 3. The summed E-state index contributed by atoms with van der Waals surface area (Å²) in [6.07, 6.45) is 0.727. The molecule has 2 aromatic heterocycles. The highest BCUT2D eigenvalue weighted by molar-refractivity contribution is 5.46. The van der Waals surface area contributed by atoms with E-state index in [1.165, 1.54) is 9.20 Å². The Morgan fingerprint density at radius 2 is 1.95 bits per heavy atom. The summed E-state index contributed by atoms with van der Waals surface area (Å²) in [4.78, 5) is 24.9. The molecular formula is C16H18N4O2. The summed E-state index contributed by atoms with van der Waals surface area (Å²) in [5.41, 5.74) is 1.87. The molecule has 0 amide bonds. The van der Waals surface area contributed by atoms with Crippen molar-refractivity contribution in [2.24, 2.45) is 5.92 Å². The molecule has 0 unspecified atom stereocenters. The van der Waals surface area contributed by atoms with Gasteiger partial charge in [0.1, 0.15) is 5.52 Å². The van der Waals surface area contributed by atoms with Crippen molar-refractivity contribution in [3.63, 3.8) is 0 Å². The summed E-state index contributed by atoms with van der Waals surface area (Å²) in [7, 11) is 0. The van der Waals surface area contributed by atoms with E-state index in [-0.39, 0.29) is 16.8 Å². The number of para-hydroxylation sites is 1. The molecule has 3 rings (SSSR count). The van der Waals surface area contributed by atoms with Gasteiger partial charge in [0.15, 0.2) is 0 Å². The lowest BCUT2D eigenvalue weighted by Crippen LogP contribution is -2.34. The molecule has 0 aliphatic heterocycles. The zero-order valence-electron chi connectivity index (χ0n) is 12.8. The predicted molar refractivity (Wildman–Crippen MR) is 84.7 cm³/mol. The second-order valence-corrected chi connectivity index (χ2v) is 5.88. The fraction of sp³-hybridized carbons (Fsp3) is 0.312. The van der Waals surface area contributed by atoms with Crippen LogP contribution in [-0.2, 0) is 6.42 Å². The Hall–Kier alpha value is -2.63. The van der Waals surface area contributed by atoms with Gasteiger partial charge in [-0.25, -0.2) is 9.48 Å². The zero-order chi connectivity index (χ0) is 15.9. The minimum atomic E-state index is -0.376. The molecule has 1 N–H and O–H groups in total. The number of aromatic nitrogens is 4. The molecule has 0 aliphatic carbocycles. The lowest BCUT2D eigenvalue weighted by Gasteiger charge is -2.08. The van der Waals surface area contributed by atoms with Crippen molar-refractivity contribution < 1.29 is 0 Å². The number of aryl methyl sites for hydroxylation is 1. The monoisotopic (exact) mass is 298 g/mol. The van der Waals surface area contributed by atoms with Gasteiger partial charge in [-0.3, -0.25) is 9.89 Å². The molecule has 22 heavy (non-hydrogen) atoms. The Morgan fingerprint density at radius 3 is 2.64 bits per heavy atom. The second-order valence-electron chi connectivity index (χ2n) is 5.88. The van der Waals surface area contributed by atoms with E-state index in [4.69, 9.17) is 0 Å². The molecule has 114 valence electrons. The molecule has 0 atom stereocenters. The van der Waals surface area contributed by atoms with Gasteiger partial charge in [0, 0.05) is 0 Å². The summed E-state index contributed by atoms with van der Waals surface area (Å²) in [6.45, 7) is 6.03. The summed E-state index contributed by atoms with van der Waals surface area (Å²) >= 11 is 0. The van der Waals surface area contributed by atoms with Gasteiger partial charge in [-0.05, 0) is 37.0 Å². The fourth-order valence-electron chi connectivity index (χ4n) is 2.53. The molecule has 6 nitrogen and oxygen atoms in total. The van der Waals surface area contributed by atoms with Crippen LogP contribution >= 0.6 is 0 Å². The maximum Gasteiger partial charge on any atom is 0.368 e. The number of nitrogens with zero attached hydrogens (tertiary/aromatic N) is 3. The van der Waals surface area contributed by atoms with Crippen LogP contribution in [0.2, 0.25) is 0 Å². The maximum absolute atomic E-state index is 12.6. The summed E-state index contributed by atoms with van der Waals surface area (Å²) in [5, 5.41) is 6.92. The lowest BCUT2D eigenvalue weighted by atomic mass is 10.1. The second kappa shape index (κ2) is 5.29. The van der Waals surface area contributed by atoms with Gasteiger partial charge >= 0.3 is 5.69 Å². The van der Waals surface area contributed by atoms with Gasteiger partial charge in [-0.2, -0.15) is 9.61 Å². The largest absolute Gasteiger partial charge is 0.368 e. The van der Waals surface area contributed by atoms with E-state index in [0.29, 0.717) is 11.6 Å². The Bertz CT molecular complexity index is 947. The van der Waals surface area contributed by atoms with Crippen molar-refractivity contribution in [2.75, 3.05) is 0 Å². The molecule has 2 heterocycles. The number of aromatic amines is 1. The molecule has 0 spiro atoms. The van der Waals surface area contributed by atoms with Crippen LogP contribution in [0.15, 0.2) is 39.9 Å². The van der Waals surface area contributed by atoms with Gasteiger partial charge in [-0.1, -0.05) is 32.0 Å². The average molecular weight is 298 g/mol. The molecule has 0 radical (unpaired) electrons. The van der Waals surface area contributed by atoms with E-state index in [0.717, 1.165) is 17.7 Å². The first-order valence-corrected chi connectivity index (χ1v) is 7.27. The van der Waals surface area contributed by atoms with E-state index >= 15 is 0 Å². The van der Waals surface area contributed by atoms with Crippen molar-refractivity contribution in [1.82, 2.24) is 19.4 Å². The van der Waals surface area contributed by atoms with Gasteiger partial charge in [0.05, 0.1) is 11.4 Å². The standard InChI is InChI=1S/C16H18N4O2/c1-10(2)8-12-9-14-15(21)18-19(16(22)20(14)17-12)13-7-5-4-6-11(13)3/h4-7,9-10H,8H2,1-3H3,(H,18,21). The average Bonchev–Trinajstić information content (AvgIpc) is 2.87. The van der Waals surface area contributed by atoms with Gasteiger partial charge < -0.3 is 0 Å². The van der Waals surface area contributed by atoms with Crippen LogP contribution in [0, 0.1) is 12.8 Å². The van der Waals surface area contributed by atoms with Crippen molar-refractivity contribution in [2.45, 2.75) is 27.2 Å². The molecule has 0 bridgehead atoms. The van der Waals surface area contributed by atoms with Gasteiger partial charge in [0.2, 0.25) is 0 Å². The first-order valence-electron chi connectivity index (χ1n) is 7.27. The number of benzene rings is 1. The Morgan fingerprint density at radius 1 is 1.23 bits per heavy atom. The number of hydrogen-bond donors (Lipinski definition) is 1. The molecule has 0 aliphatic rings. The SMILES string of the molecule is Cc1ccccc1-n1[nH]c(=O)c2cc(CC(C)C)nn2c1=O. The minimum Gasteiger partial charge on any atom is -0.266 e. The Kier molecular flexibility index (Phi) is 3.44. The molecule has 3 aromatic rings.